The lowest BCUT2D eigenvalue weighted by Gasteiger charge is -2.34. The first-order chi connectivity index (χ1) is 8.67. The molecule has 19 heavy (non-hydrogen) atoms. The molecule has 0 bridgehead atoms. The quantitative estimate of drug-likeness (QED) is 0.569. The van der Waals surface area contributed by atoms with E-state index in [1.165, 1.54) is 12.5 Å². The summed E-state index contributed by atoms with van der Waals surface area (Å²) in [5, 5.41) is 0. The Kier molecular flexibility index (Phi) is 9.44. The summed E-state index contributed by atoms with van der Waals surface area (Å²) in [7, 11) is -3.04. The van der Waals surface area contributed by atoms with Crippen molar-refractivity contribution in [3.05, 3.63) is 0 Å². The van der Waals surface area contributed by atoms with Crippen LogP contribution >= 0.6 is 0 Å². The fourth-order valence-corrected chi connectivity index (χ4v) is 6.81. The highest BCUT2D eigenvalue weighted by atomic mass is 28.4. The van der Waals surface area contributed by atoms with Gasteiger partial charge in [0.05, 0.1) is 0 Å². The Morgan fingerprint density at radius 3 is 1.42 bits per heavy atom. The van der Waals surface area contributed by atoms with Gasteiger partial charge in [-0.15, -0.1) is 0 Å². The zero-order chi connectivity index (χ0) is 15.1. The highest BCUT2D eigenvalue weighted by Gasteiger charge is 2.43. The van der Waals surface area contributed by atoms with Gasteiger partial charge in [0.25, 0.3) is 0 Å². The average molecular weight is 307 g/mol. The van der Waals surface area contributed by atoms with Crippen LogP contribution < -0.4 is 0 Å². The molecule has 3 nitrogen and oxygen atoms in total. The number of hydrogen-bond acceptors (Lipinski definition) is 3. The second-order valence-electron chi connectivity index (χ2n) is 6.47. The van der Waals surface area contributed by atoms with Crippen molar-refractivity contribution in [3.63, 3.8) is 0 Å². The van der Waals surface area contributed by atoms with Gasteiger partial charge in [0.1, 0.15) is 0 Å². The van der Waals surface area contributed by atoms with Crippen LogP contribution in [-0.4, -0.2) is 35.9 Å². The lowest BCUT2D eigenvalue weighted by atomic mass is 10.5. The first-order valence-electron chi connectivity index (χ1n) is 7.70. The second-order valence-corrected chi connectivity index (χ2v) is 12.4. The molecule has 0 fully saturated rings. The van der Waals surface area contributed by atoms with Gasteiger partial charge in [-0.25, -0.2) is 0 Å². The predicted octanol–water partition coefficient (Wildman–Crippen LogP) is 4.08. The Hall–Kier alpha value is 0.314. The van der Waals surface area contributed by atoms with Crippen LogP contribution in [0.4, 0.5) is 0 Å². The molecule has 0 amide bonds. The monoisotopic (exact) mass is 306 g/mol. The van der Waals surface area contributed by atoms with Crippen molar-refractivity contribution in [2.24, 2.45) is 0 Å². The van der Waals surface area contributed by atoms with E-state index in [0.717, 1.165) is 6.04 Å². The summed E-state index contributed by atoms with van der Waals surface area (Å²) < 4.78 is 18.5. The van der Waals surface area contributed by atoms with E-state index in [1.54, 1.807) is 0 Å². The first kappa shape index (κ1) is 19.3. The van der Waals surface area contributed by atoms with Crippen LogP contribution in [0.1, 0.15) is 48.0 Å². The zero-order valence-electron chi connectivity index (χ0n) is 14.2. The first-order valence-corrected chi connectivity index (χ1v) is 12.8. The molecule has 0 rings (SSSR count). The third-order valence-corrected chi connectivity index (χ3v) is 7.53. The SMILES string of the molecule is CC(C)O[Si](CCC[SiH](C)C)(OC(C)C)OC(C)C. The molecule has 0 aromatic heterocycles. The molecule has 0 N–H and O–H groups in total. The molecule has 0 saturated heterocycles. The largest absolute Gasteiger partial charge is 0.501 e. The Morgan fingerprint density at radius 2 is 1.16 bits per heavy atom. The summed E-state index contributed by atoms with van der Waals surface area (Å²) in [5.41, 5.74) is 0. The molecule has 0 aromatic rings. The average Bonchev–Trinajstić information content (AvgIpc) is 2.12. The van der Waals surface area contributed by atoms with Crippen molar-refractivity contribution in [1.29, 1.82) is 0 Å². The molecule has 0 atom stereocenters. The van der Waals surface area contributed by atoms with Gasteiger partial charge in [0, 0.05) is 33.2 Å². The molecule has 0 aliphatic rings. The van der Waals surface area contributed by atoms with E-state index in [4.69, 9.17) is 13.3 Å². The molecule has 0 saturated carbocycles. The standard InChI is InChI=1S/C14H34O3Si2/c1-12(2)15-19(16-13(3)4,17-14(5)6)11-9-10-18(7)8/h12-14,18H,9-11H2,1-8H3. The summed E-state index contributed by atoms with van der Waals surface area (Å²) in [4.78, 5) is 0. The molecule has 0 unspecified atom stereocenters. The third kappa shape index (κ3) is 9.79. The Balaban J connectivity index is 4.77. The maximum atomic E-state index is 6.15. The van der Waals surface area contributed by atoms with E-state index in [2.05, 4.69) is 54.6 Å². The summed E-state index contributed by atoms with van der Waals surface area (Å²) in [6.45, 7) is 17.1. The fourth-order valence-electron chi connectivity index (χ4n) is 2.06. The topological polar surface area (TPSA) is 27.7 Å². The van der Waals surface area contributed by atoms with Gasteiger partial charge in [-0.2, -0.15) is 0 Å². The molecule has 116 valence electrons. The number of hydrogen-bond donors (Lipinski definition) is 0. The fraction of sp³-hybridized carbons (Fsp3) is 1.00. The van der Waals surface area contributed by atoms with Crippen LogP contribution in [0.25, 0.3) is 0 Å². The van der Waals surface area contributed by atoms with Crippen LogP contribution in [0.2, 0.25) is 25.2 Å². The molecule has 5 heteroatoms. The summed E-state index contributed by atoms with van der Waals surface area (Å²) in [5.74, 6) is 0. The molecule has 0 radical (unpaired) electrons. The third-order valence-electron chi connectivity index (χ3n) is 2.51. The van der Waals surface area contributed by atoms with Crippen molar-refractivity contribution >= 4 is 17.6 Å². The van der Waals surface area contributed by atoms with Crippen LogP contribution in [0.5, 0.6) is 0 Å². The van der Waals surface area contributed by atoms with Gasteiger partial charge in [-0.1, -0.05) is 25.6 Å². The zero-order valence-corrected chi connectivity index (χ0v) is 16.3. The minimum Gasteiger partial charge on any atom is -0.371 e. The van der Waals surface area contributed by atoms with Crippen molar-refractivity contribution in [3.8, 4) is 0 Å². The van der Waals surface area contributed by atoms with Gasteiger partial charge < -0.3 is 13.3 Å². The maximum absolute atomic E-state index is 6.15. The van der Waals surface area contributed by atoms with E-state index in [0.29, 0.717) is 0 Å². The van der Waals surface area contributed by atoms with Gasteiger partial charge in [-0.3, -0.25) is 0 Å². The Labute approximate surface area is 123 Å². The van der Waals surface area contributed by atoms with Gasteiger partial charge in [0.15, 0.2) is 0 Å². The minimum atomic E-state index is -2.53. The molecule has 0 aliphatic carbocycles. The van der Waals surface area contributed by atoms with Crippen LogP contribution in [0.15, 0.2) is 0 Å². The van der Waals surface area contributed by atoms with Gasteiger partial charge in [-0.05, 0) is 41.5 Å². The highest BCUT2D eigenvalue weighted by Crippen LogP contribution is 2.25. The van der Waals surface area contributed by atoms with E-state index >= 15 is 0 Å². The second kappa shape index (κ2) is 9.29. The predicted molar refractivity (Wildman–Crippen MR) is 87.5 cm³/mol. The number of rotatable bonds is 10. The summed E-state index contributed by atoms with van der Waals surface area (Å²) in [6.07, 6.45) is 1.63. The van der Waals surface area contributed by atoms with E-state index in [-0.39, 0.29) is 18.3 Å². The van der Waals surface area contributed by atoms with Crippen molar-refractivity contribution < 1.29 is 13.3 Å². The Bertz CT molecular complexity index is 204. The molecule has 0 aromatic carbocycles. The van der Waals surface area contributed by atoms with E-state index < -0.39 is 17.6 Å². The molecule has 0 aliphatic heterocycles. The minimum absolute atomic E-state index is 0.153. The molecule has 0 spiro atoms. The van der Waals surface area contributed by atoms with Crippen LogP contribution in [0, 0.1) is 0 Å². The Morgan fingerprint density at radius 1 is 0.789 bits per heavy atom. The van der Waals surface area contributed by atoms with Crippen molar-refractivity contribution in [2.45, 2.75) is 91.5 Å². The van der Waals surface area contributed by atoms with Gasteiger partial charge in [0.2, 0.25) is 0 Å². The smallest absolute Gasteiger partial charge is 0.371 e. The van der Waals surface area contributed by atoms with E-state index in [9.17, 15) is 0 Å². The van der Waals surface area contributed by atoms with Crippen molar-refractivity contribution in [1.82, 2.24) is 0 Å². The van der Waals surface area contributed by atoms with E-state index in [1.807, 2.05) is 0 Å². The highest BCUT2D eigenvalue weighted by molar-refractivity contribution is 6.61. The van der Waals surface area contributed by atoms with Gasteiger partial charge >= 0.3 is 8.80 Å². The molecular formula is C14H34O3Si2. The molecule has 0 heterocycles. The lowest BCUT2D eigenvalue weighted by Crippen LogP contribution is -2.50. The normalized spacial score (nSPS) is 13.3. The lowest BCUT2D eigenvalue weighted by molar-refractivity contribution is 0.00313. The van der Waals surface area contributed by atoms with Crippen LogP contribution in [0.3, 0.4) is 0 Å². The van der Waals surface area contributed by atoms with Crippen molar-refractivity contribution in [2.75, 3.05) is 0 Å². The summed E-state index contributed by atoms with van der Waals surface area (Å²) >= 11 is 0. The molecular weight excluding hydrogens is 272 g/mol. The van der Waals surface area contributed by atoms with Crippen LogP contribution in [-0.2, 0) is 13.3 Å². The summed E-state index contributed by atoms with van der Waals surface area (Å²) in [6, 6.07) is 2.28. The maximum Gasteiger partial charge on any atom is 0.501 e.